The number of alkyl halides is 4. The normalized spacial score (nSPS) is 11.3. The largest absolute Gasteiger partial charge is 0.573 e. The number of rotatable bonds is 3. The van der Waals surface area contributed by atoms with E-state index < -0.39 is 28.3 Å². The van der Waals surface area contributed by atoms with Gasteiger partial charge >= 0.3 is 17.6 Å². The average molecular weight is 317 g/mol. The first-order valence-electron chi connectivity index (χ1n) is 3.97. The average Bonchev–Trinajstić information content (AvgIpc) is 2.15. The van der Waals surface area contributed by atoms with Gasteiger partial charge in [-0.15, -0.1) is 13.2 Å². The molecule has 1 heterocycles. The van der Waals surface area contributed by atoms with Crippen molar-refractivity contribution < 1.29 is 22.8 Å². The standard InChI is InChI=1S/C7H4BrF3N2O4/c8-1-3-2-12-6(14)4(13(15)16)5(3)17-7(9,10)11/h2H,1H2,(H,12,14). The molecular formula is C7H4BrF3N2O4. The summed E-state index contributed by atoms with van der Waals surface area (Å²) >= 11 is 2.83. The summed E-state index contributed by atoms with van der Waals surface area (Å²) in [5.74, 6) is -1.11. The molecule has 0 aromatic carbocycles. The van der Waals surface area contributed by atoms with Crippen molar-refractivity contribution in [2.45, 2.75) is 11.7 Å². The summed E-state index contributed by atoms with van der Waals surface area (Å²) in [6, 6.07) is 0. The molecule has 0 saturated carbocycles. The second-order valence-corrected chi connectivity index (χ2v) is 3.32. The summed E-state index contributed by atoms with van der Waals surface area (Å²) in [6.45, 7) is 0. The van der Waals surface area contributed by atoms with Crippen molar-refractivity contribution in [3.63, 3.8) is 0 Å². The van der Waals surface area contributed by atoms with Gasteiger partial charge in [0.2, 0.25) is 5.75 Å². The zero-order valence-electron chi connectivity index (χ0n) is 7.88. The number of nitro groups is 1. The van der Waals surface area contributed by atoms with Gasteiger partial charge in [-0.1, -0.05) is 15.9 Å². The number of hydrogen-bond donors (Lipinski definition) is 1. The summed E-state index contributed by atoms with van der Waals surface area (Å²) < 4.78 is 39.7. The molecule has 1 aromatic rings. The number of nitrogens with one attached hydrogen (secondary N) is 1. The van der Waals surface area contributed by atoms with Crippen LogP contribution in [0.2, 0.25) is 0 Å². The Bertz CT molecular complexity index is 499. The van der Waals surface area contributed by atoms with Crippen molar-refractivity contribution >= 4 is 21.6 Å². The molecule has 0 atom stereocenters. The number of halogens is 4. The highest BCUT2D eigenvalue weighted by molar-refractivity contribution is 9.08. The molecule has 94 valence electrons. The number of hydrogen-bond acceptors (Lipinski definition) is 4. The highest BCUT2D eigenvalue weighted by Crippen LogP contribution is 2.33. The van der Waals surface area contributed by atoms with E-state index >= 15 is 0 Å². The molecule has 1 rings (SSSR count). The van der Waals surface area contributed by atoms with E-state index in [-0.39, 0.29) is 10.9 Å². The van der Waals surface area contributed by atoms with Gasteiger partial charge in [0, 0.05) is 17.1 Å². The molecule has 1 aromatic heterocycles. The molecule has 1 N–H and O–H groups in total. The number of nitrogens with zero attached hydrogens (tertiary/aromatic N) is 1. The van der Waals surface area contributed by atoms with Crippen LogP contribution in [0.25, 0.3) is 0 Å². The molecule has 0 bridgehead atoms. The molecule has 6 nitrogen and oxygen atoms in total. The third-order valence-corrected chi connectivity index (χ3v) is 2.25. The zero-order valence-corrected chi connectivity index (χ0v) is 9.46. The zero-order chi connectivity index (χ0) is 13.2. The van der Waals surface area contributed by atoms with E-state index in [0.717, 1.165) is 6.20 Å². The number of aromatic amines is 1. The van der Waals surface area contributed by atoms with Gasteiger partial charge < -0.3 is 9.72 Å². The number of H-pyrrole nitrogens is 1. The minimum atomic E-state index is -5.12. The van der Waals surface area contributed by atoms with Crippen molar-refractivity contribution in [1.29, 1.82) is 0 Å². The lowest BCUT2D eigenvalue weighted by molar-refractivity contribution is -0.390. The third-order valence-electron chi connectivity index (χ3n) is 1.64. The maximum atomic E-state index is 12.1. The summed E-state index contributed by atoms with van der Waals surface area (Å²) in [6.07, 6.45) is -4.21. The first kappa shape index (κ1) is 13.5. The predicted octanol–water partition coefficient (Wildman–Crippen LogP) is 2.08. The summed E-state index contributed by atoms with van der Waals surface area (Å²) in [5.41, 5.74) is -2.73. The summed E-state index contributed by atoms with van der Waals surface area (Å²) in [4.78, 5) is 22.3. The molecular weight excluding hydrogens is 313 g/mol. The Balaban J connectivity index is 3.46. The fourth-order valence-electron chi connectivity index (χ4n) is 1.04. The van der Waals surface area contributed by atoms with Crippen LogP contribution in [0.3, 0.4) is 0 Å². The molecule has 0 saturated heterocycles. The van der Waals surface area contributed by atoms with E-state index in [1.165, 1.54) is 0 Å². The van der Waals surface area contributed by atoms with Gasteiger partial charge in [-0.3, -0.25) is 14.9 Å². The van der Waals surface area contributed by atoms with Gasteiger partial charge in [0.15, 0.2) is 0 Å². The highest BCUT2D eigenvalue weighted by atomic mass is 79.9. The SMILES string of the molecule is O=c1[nH]cc(CBr)c(OC(F)(F)F)c1[N+](=O)[O-]. The molecule has 0 radical (unpaired) electrons. The minimum absolute atomic E-state index is 0.143. The number of pyridine rings is 1. The lowest BCUT2D eigenvalue weighted by Gasteiger charge is -2.11. The van der Waals surface area contributed by atoms with Gasteiger partial charge in [0.25, 0.3) is 0 Å². The Kier molecular flexibility index (Phi) is 3.76. The van der Waals surface area contributed by atoms with Crippen LogP contribution in [0.1, 0.15) is 5.56 Å². The van der Waals surface area contributed by atoms with E-state index in [2.05, 4.69) is 20.7 Å². The molecule has 0 fully saturated rings. The summed E-state index contributed by atoms with van der Waals surface area (Å²) in [5, 5.41) is 10.4. The van der Waals surface area contributed by atoms with Crippen LogP contribution in [0.5, 0.6) is 5.75 Å². The first-order valence-corrected chi connectivity index (χ1v) is 5.09. The molecule has 10 heteroatoms. The monoisotopic (exact) mass is 316 g/mol. The van der Waals surface area contributed by atoms with Crippen LogP contribution in [0.15, 0.2) is 11.0 Å². The molecule has 0 amide bonds. The third kappa shape index (κ3) is 3.19. The van der Waals surface area contributed by atoms with Crippen molar-refractivity contribution in [1.82, 2.24) is 4.98 Å². The van der Waals surface area contributed by atoms with Crippen molar-refractivity contribution in [2.75, 3.05) is 0 Å². The quantitative estimate of drug-likeness (QED) is 0.525. The molecule has 0 aliphatic heterocycles. The molecule has 0 aliphatic carbocycles. The van der Waals surface area contributed by atoms with Crippen molar-refractivity contribution in [2.24, 2.45) is 0 Å². The second-order valence-electron chi connectivity index (χ2n) is 2.76. The maximum Gasteiger partial charge on any atom is 0.573 e. The fourth-order valence-corrected chi connectivity index (χ4v) is 1.45. The Hall–Kier alpha value is -1.58. The van der Waals surface area contributed by atoms with Gasteiger partial charge in [-0.05, 0) is 0 Å². The lowest BCUT2D eigenvalue weighted by Crippen LogP contribution is -2.22. The van der Waals surface area contributed by atoms with Crippen LogP contribution in [0, 0.1) is 10.1 Å². The number of ether oxygens (including phenoxy) is 1. The summed E-state index contributed by atoms with van der Waals surface area (Å²) in [7, 11) is 0. The Morgan fingerprint density at radius 1 is 1.53 bits per heavy atom. The smallest absolute Gasteiger partial charge is 0.398 e. The van der Waals surface area contributed by atoms with Crippen LogP contribution >= 0.6 is 15.9 Å². The van der Waals surface area contributed by atoms with Crippen LogP contribution in [-0.2, 0) is 5.33 Å². The second kappa shape index (κ2) is 4.73. The molecule has 0 aliphatic rings. The topological polar surface area (TPSA) is 85.2 Å². The van der Waals surface area contributed by atoms with Crippen molar-refractivity contribution in [3.8, 4) is 5.75 Å². The molecule has 0 spiro atoms. The lowest BCUT2D eigenvalue weighted by atomic mass is 10.2. The van der Waals surface area contributed by atoms with Crippen molar-refractivity contribution in [3.05, 3.63) is 32.2 Å². The van der Waals surface area contributed by atoms with E-state index in [9.17, 15) is 28.1 Å². The predicted molar refractivity (Wildman–Crippen MR) is 53.0 cm³/mol. The van der Waals surface area contributed by atoms with Gasteiger partial charge in [0.1, 0.15) is 0 Å². The van der Waals surface area contributed by atoms with Crippen LogP contribution < -0.4 is 10.3 Å². The van der Waals surface area contributed by atoms with Gasteiger partial charge in [-0.25, -0.2) is 0 Å². The maximum absolute atomic E-state index is 12.1. The van der Waals surface area contributed by atoms with E-state index in [0.29, 0.717) is 0 Å². The minimum Gasteiger partial charge on any atom is -0.398 e. The van der Waals surface area contributed by atoms with Crippen LogP contribution in [0.4, 0.5) is 18.9 Å². The van der Waals surface area contributed by atoms with Gasteiger partial charge in [-0.2, -0.15) is 0 Å². The molecule has 0 unspecified atom stereocenters. The Morgan fingerprint density at radius 3 is 2.53 bits per heavy atom. The Labute approximate surface area is 99.7 Å². The number of aromatic nitrogens is 1. The Morgan fingerprint density at radius 2 is 2.12 bits per heavy atom. The first-order chi connectivity index (χ1) is 7.76. The van der Waals surface area contributed by atoms with E-state index in [1.54, 1.807) is 0 Å². The van der Waals surface area contributed by atoms with Crippen LogP contribution in [-0.4, -0.2) is 16.3 Å². The van der Waals surface area contributed by atoms with E-state index in [4.69, 9.17) is 0 Å². The van der Waals surface area contributed by atoms with E-state index in [1.807, 2.05) is 4.98 Å². The fraction of sp³-hybridized carbons (Fsp3) is 0.286. The van der Waals surface area contributed by atoms with Gasteiger partial charge in [0.05, 0.1) is 4.92 Å². The molecule has 17 heavy (non-hydrogen) atoms. The highest BCUT2D eigenvalue weighted by Gasteiger charge is 2.37.